The number of nitrogens with zero attached hydrogens (tertiary/aromatic N) is 2. The third-order valence-corrected chi connectivity index (χ3v) is 5.62. The van der Waals surface area contributed by atoms with E-state index in [0.29, 0.717) is 19.5 Å². The van der Waals surface area contributed by atoms with Crippen LogP contribution >= 0.6 is 0 Å². The van der Waals surface area contributed by atoms with Crippen molar-refractivity contribution in [3.8, 4) is 16.9 Å². The maximum Gasteiger partial charge on any atom is 0.224 e. The monoisotopic (exact) mass is 401 g/mol. The second kappa shape index (κ2) is 9.55. The Kier molecular flexibility index (Phi) is 6.40. The van der Waals surface area contributed by atoms with E-state index in [2.05, 4.69) is 39.5 Å². The molecular formula is C25H27N3O2. The largest absolute Gasteiger partial charge is 0.496 e. The van der Waals surface area contributed by atoms with Gasteiger partial charge in [0.05, 0.1) is 13.0 Å². The van der Waals surface area contributed by atoms with Crippen LogP contribution in [0.3, 0.4) is 0 Å². The zero-order valence-electron chi connectivity index (χ0n) is 17.3. The van der Waals surface area contributed by atoms with Gasteiger partial charge in [0.25, 0.3) is 0 Å². The Labute approximate surface area is 177 Å². The fraction of sp³-hybridized carbons (Fsp3) is 0.280. The van der Waals surface area contributed by atoms with Crippen molar-refractivity contribution in [1.29, 1.82) is 0 Å². The topological polar surface area (TPSA) is 54.5 Å². The van der Waals surface area contributed by atoms with E-state index in [0.717, 1.165) is 35.5 Å². The molecule has 0 aliphatic carbocycles. The van der Waals surface area contributed by atoms with E-state index < -0.39 is 0 Å². The van der Waals surface area contributed by atoms with Gasteiger partial charge >= 0.3 is 0 Å². The molecule has 2 heterocycles. The third kappa shape index (κ3) is 4.69. The van der Waals surface area contributed by atoms with Gasteiger partial charge in [0.1, 0.15) is 5.75 Å². The average Bonchev–Trinajstić information content (AvgIpc) is 2.96. The molecule has 30 heavy (non-hydrogen) atoms. The number of ether oxygens (including phenoxy) is 1. The summed E-state index contributed by atoms with van der Waals surface area (Å²) in [6, 6.07) is 20.4. The van der Waals surface area contributed by atoms with Crippen LogP contribution in [0.15, 0.2) is 73.1 Å². The second-order valence-corrected chi connectivity index (χ2v) is 7.64. The molecule has 5 nitrogen and oxygen atoms in total. The van der Waals surface area contributed by atoms with E-state index in [1.807, 2.05) is 42.6 Å². The average molecular weight is 402 g/mol. The minimum absolute atomic E-state index is 0.111. The van der Waals surface area contributed by atoms with Crippen molar-refractivity contribution in [3.63, 3.8) is 0 Å². The Balaban J connectivity index is 1.54. The number of rotatable bonds is 6. The van der Waals surface area contributed by atoms with Gasteiger partial charge in [-0.2, -0.15) is 0 Å². The van der Waals surface area contributed by atoms with Crippen LogP contribution in [-0.2, 0) is 17.8 Å². The first-order valence-electron chi connectivity index (χ1n) is 10.3. The smallest absolute Gasteiger partial charge is 0.224 e. The van der Waals surface area contributed by atoms with Gasteiger partial charge in [-0.15, -0.1) is 0 Å². The summed E-state index contributed by atoms with van der Waals surface area (Å²) < 4.78 is 5.51. The molecule has 1 N–H and O–H groups in total. The quantitative estimate of drug-likeness (QED) is 0.686. The van der Waals surface area contributed by atoms with Crippen molar-refractivity contribution < 1.29 is 9.53 Å². The molecular weight excluding hydrogens is 374 g/mol. The van der Waals surface area contributed by atoms with Crippen molar-refractivity contribution in [3.05, 3.63) is 84.2 Å². The Hall–Kier alpha value is -3.18. The van der Waals surface area contributed by atoms with Crippen molar-refractivity contribution >= 4 is 5.91 Å². The van der Waals surface area contributed by atoms with Crippen LogP contribution in [-0.4, -0.2) is 42.5 Å². The Morgan fingerprint density at radius 1 is 1.07 bits per heavy atom. The van der Waals surface area contributed by atoms with E-state index in [4.69, 9.17) is 4.74 Å². The summed E-state index contributed by atoms with van der Waals surface area (Å²) in [4.78, 5) is 19.4. The second-order valence-electron chi connectivity index (χ2n) is 7.64. The maximum atomic E-state index is 12.8. The minimum atomic E-state index is -0.111. The molecule has 4 rings (SSSR count). The van der Waals surface area contributed by atoms with Crippen LogP contribution in [0.1, 0.15) is 11.1 Å². The molecule has 0 bridgehead atoms. The summed E-state index contributed by atoms with van der Waals surface area (Å²) in [5, 5.41) is 3.09. The molecule has 3 aromatic rings. The molecule has 2 aromatic carbocycles. The molecule has 1 aliphatic rings. The van der Waals surface area contributed by atoms with Crippen LogP contribution in [0.2, 0.25) is 0 Å². The van der Waals surface area contributed by atoms with Crippen LogP contribution in [0, 0.1) is 5.92 Å². The molecule has 0 spiro atoms. The molecule has 1 unspecified atom stereocenters. The summed E-state index contributed by atoms with van der Waals surface area (Å²) in [7, 11) is 1.70. The molecule has 1 aliphatic heterocycles. The van der Waals surface area contributed by atoms with Gasteiger partial charge in [0.15, 0.2) is 0 Å². The number of pyridine rings is 1. The standard InChI is InChI=1S/C25H27N3O2/c1-30-24-11-5-3-8-21(24)17-28-14-13-27-25(29)22(18-28)15-19-7-2-4-10-23(19)20-9-6-12-26-16-20/h2-12,16,22H,13-15,17-18H2,1H3,(H,27,29). The van der Waals surface area contributed by atoms with Crippen LogP contribution in [0.25, 0.3) is 11.1 Å². The highest BCUT2D eigenvalue weighted by molar-refractivity contribution is 5.80. The van der Waals surface area contributed by atoms with Crippen molar-refractivity contribution in [1.82, 2.24) is 15.2 Å². The van der Waals surface area contributed by atoms with Crippen molar-refractivity contribution in [2.75, 3.05) is 26.7 Å². The number of para-hydroxylation sites is 1. The Morgan fingerprint density at radius 3 is 2.67 bits per heavy atom. The van der Waals surface area contributed by atoms with Crippen LogP contribution < -0.4 is 10.1 Å². The molecule has 1 amide bonds. The number of nitrogens with one attached hydrogen (secondary N) is 1. The number of carbonyl (C=O) groups is 1. The highest BCUT2D eigenvalue weighted by Gasteiger charge is 2.26. The Morgan fingerprint density at radius 2 is 1.87 bits per heavy atom. The number of hydrogen-bond acceptors (Lipinski definition) is 4. The lowest BCUT2D eigenvalue weighted by atomic mass is 9.92. The van der Waals surface area contributed by atoms with Gasteiger partial charge < -0.3 is 10.1 Å². The molecule has 1 aromatic heterocycles. The molecule has 0 saturated carbocycles. The Bertz CT molecular complexity index is 990. The summed E-state index contributed by atoms with van der Waals surface area (Å²) >= 11 is 0. The van der Waals surface area contributed by atoms with Crippen LogP contribution in [0.4, 0.5) is 0 Å². The predicted molar refractivity (Wildman–Crippen MR) is 118 cm³/mol. The molecule has 1 saturated heterocycles. The van der Waals surface area contributed by atoms with Gasteiger partial charge in [0.2, 0.25) is 5.91 Å². The van der Waals surface area contributed by atoms with E-state index in [9.17, 15) is 4.79 Å². The maximum absolute atomic E-state index is 12.8. The summed E-state index contributed by atoms with van der Waals surface area (Å²) in [5.41, 5.74) is 4.53. The number of carbonyl (C=O) groups excluding carboxylic acids is 1. The molecule has 0 radical (unpaired) electrons. The van der Waals surface area contributed by atoms with Gasteiger partial charge in [-0.25, -0.2) is 0 Å². The van der Waals surface area contributed by atoms with Crippen molar-refractivity contribution in [2.45, 2.75) is 13.0 Å². The fourth-order valence-corrected chi connectivity index (χ4v) is 4.11. The first kappa shape index (κ1) is 20.1. The van der Waals surface area contributed by atoms with Crippen LogP contribution in [0.5, 0.6) is 5.75 Å². The third-order valence-electron chi connectivity index (χ3n) is 5.62. The van der Waals surface area contributed by atoms with Gasteiger partial charge in [0, 0.05) is 49.7 Å². The van der Waals surface area contributed by atoms with Gasteiger partial charge in [-0.05, 0) is 29.7 Å². The normalized spacial score (nSPS) is 17.2. The summed E-state index contributed by atoms with van der Waals surface area (Å²) in [6.07, 6.45) is 4.35. The zero-order valence-corrected chi connectivity index (χ0v) is 17.3. The highest BCUT2D eigenvalue weighted by Crippen LogP contribution is 2.26. The first-order valence-corrected chi connectivity index (χ1v) is 10.3. The lowest BCUT2D eigenvalue weighted by molar-refractivity contribution is -0.124. The number of amides is 1. The van der Waals surface area contributed by atoms with Crippen molar-refractivity contribution in [2.24, 2.45) is 5.92 Å². The number of benzene rings is 2. The minimum Gasteiger partial charge on any atom is -0.496 e. The lowest BCUT2D eigenvalue weighted by Crippen LogP contribution is -2.33. The SMILES string of the molecule is COc1ccccc1CN1CCNC(=O)C(Cc2ccccc2-c2cccnc2)C1. The van der Waals surface area contributed by atoms with Gasteiger partial charge in [-0.3, -0.25) is 14.7 Å². The van der Waals surface area contributed by atoms with E-state index in [-0.39, 0.29) is 11.8 Å². The molecule has 1 atom stereocenters. The van der Waals surface area contributed by atoms with E-state index in [1.165, 1.54) is 5.56 Å². The zero-order chi connectivity index (χ0) is 20.8. The number of aromatic nitrogens is 1. The molecule has 5 heteroatoms. The number of methoxy groups -OCH3 is 1. The molecule has 1 fully saturated rings. The summed E-state index contributed by atoms with van der Waals surface area (Å²) in [5.74, 6) is 0.901. The van der Waals surface area contributed by atoms with E-state index in [1.54, 1.807) is 13.3 Å². The lowest BCUT2D eigenvalue weighted by Gasteiger charge is -2.24. The first-order chi connectivity index (χ1) is 14.7. The fourth-order valence-electron chi connectivity index (χ4n) is 4.11. The highest BCUT2D eigenvalue weighted by atomic mass is 16.5. The van der Waals surface area contributed by atoms with Gasteiger partial charge in [-0.1, -0.05) is 48.5 Å². The molecule has 154 valence electrons. The van der Waals surface area contributed by atoms with E-state index >= 15 is 0 Å². The predicted octanol–water partition coefficient (Wildman–Crippen LogP) is 3.55. The summed E-state index contributed by atoms with van der Waals surface area (Å²) in [6.45, 7) is 2.96. The number of hydrogen-bond donors (Lipinski definition) is 1.